The summed E-state index contributed by atoms with van der Waals surface area (Å²) in [7, 11) is 1.56. The van der Waals surface area contributed by atoms with E-state index in [0.717, 1.165) is 0 Å². The van der Waals surface area contributed by atoms with Gasteiger partial charge in [-0.1, -0.05) is 0 Å². The number of amides is 1. The third-order valence-corrected chi connectivity index (χ3v) is 1.55. The van der Waals surface area contributed by atoms with Crippen LogP contribution in [0.1, 0.15) is 13.8 Å². The zero-order chi connectivity index (χ0) is 12.4. The van der Waals surface area contributed by atoms with Gasteiger partial charge in [-0.2, -0.15) is 0 Å². The van der Waals surface area contributed by atoms with Crippen molar-refractivity contribution in [3.63, 3.8) is 0 Å². The zero-order valence-electron chi connectivity index (χ0n) is 10.0. The number of nitrogens with one attached hydrogen (secondary N) is 2. The average Bonchev–Trinajstić information content (AvgIpc) is 2.17. The van der Waals surface area contributed by atoms with Crippen LogP contribution in [0.25, 0.3) is 0 Å². The number of carbonyl (C=O) groups excluding carboxylic acids is 2. The molecule has 0 fully saturated rings. The molecular formula is C10H20N2O4. The molecule has 0 saturated heterocycles. The topological polar surface area (TPSA) is 76.7 Å². The predicted octanol–water partition coefficient (Wildman–Crippen LogP) is -0.710. The van der Waals surface area contributed by atoms with Crippen molar-refractivity contribution in [2.75, 3.05) is 33.4 Å². The smallest absolute Gasteiger partial charge is 0.320 e. The maximum absolute atomic E-state index is 11.1. The minimum atomic E-state index is -0.361. The van der Waals surface area contributed by atoms with Crippen LogP contribution in [0.3, 0.4) is 0 Å². The van der Waals surface area contributed by atoms with Gasteiger partial charge in [-0.05, 0) is 13.8 Å². The molecule has 0 aliphatic rings. The zero-order valence-corrected chi connectivity index (χ0v) is 10.0. The van der Waals surface area contributed by atoms with Gasteiger partial charge in [0.05, 0.1) is 25.8 Å². The summed E-state index contributed by atoms with van der Waals surface area (Å²) in [6.07, 6.45) is -0.134. The first-order valence-electron chi connectivity index (χ1n) is 5.22. The molecule has 6 heteroatoms. The van der Waals surface area contributed by atoms with Gasteiger partial charge >= 0.3 is 5.97 Å². The minimum absolute atomic E-state index is 0.0376. The molecule has 0 heterocycles. The Bertz CT molecular complexity index is 219. The van der Waals surface area contributed by atoms with E-state index in [4.69, 9.17) is 9.47 Å². The highest BCUT2D eigenvalue weighted by molar-refractivity contribution is 5.79. The van der Waals surface area contributed by atoms with E-state index in [0.29, 0.717) is 13.2 Å². The lowest BCUT2D eigenvalue weighted by molar-refractivity contribution is -0.146. The van der Waals surface area contributed by atoms with E-state index >= 15 is 0 Å². The lowest BCUT2D eigenvalue weighted by Gasteiger charge is -2.08. The van der Waals surface area contributed by atoms with E-state index in [1.165, 1.54) is 0 Å². The monoisotopic (exact) mass is 232 g/mol. The van der Waals surface area contributed by atoms with E-state index in [1.807, 2.05) is 0 Å². The van der Waals surface area contributed by atoms with Gasteiger partial charge in [-0.25, -0.2) is 0 Å². The van der Waals surface area contributed by atoms with Crippen molar-refractivity contribution in [2.45, 2.75) is 20.0 Å². The van der Waals surface area contributed by atoms with Crippen LogP contribution >= 0.6 is 0 Å². The summed E-state index contributed by atoms with van der Waals surface area (Å²) in [5, 5.41) is 5.31. The van der Waals surface area contributed by atoms with Gasteiger partial charge in [0.25, 0.3) is 0 Å². The van der Waals surface area contributed by atoms with Crippen molar-refractivity contribution in [1.82, 2.24) is 10.6 Å². The maximum Gasteiger partial charge on any atom is 0.320 e. The summed E-state index contributed by atoms with van der Waals surface area (Å²) in [5.41, 5.74) is 0. The Morgan fingerprint density at radius 3 is 2.50 bits per heavy atom. The van der Waals surface area contributed by atoms with E-state index < -0.39 is 0 Å². The van der Waals surface area contributed by atoms with Gasteiger partial charge in [-0.3, -0.25) is 14.9 Å². The molecule has 16 heavy (non-hydrogen) atoms. The second-order valence-corrected chi connectivity index (χ2v) is 3.48. The quantitative estimate of drug-likeness (QED) is 0.427. The molecule has 0 spiro atoms. The molecule has 0 unspecified atom stereocenters. The number of hydrogen-bond acceptors (Lipinski definition) is 5. The van der Waals surface area contributed by atoms with Gasteiger partial charge in [0, 0.05) is 13.7 Å². The molecule has 0 atom stereocenters. The molecule has 0 aromatic carbocycles. The molecule has 0 rings (SSSR count). The van der Waals surface area contributed by atoms with Crippen molar-refractivity contribution in [1.29, 1.82) is 0 Å². The first kappa shape index (κ1) is 14.9. The first-order valence-corrected chi connectivity index (χ1v) is 5.22. The molecule has 0 aliphatic heterocycles. The summed E-state index contributed by atoms with van der Waals surface area (Å²) in [6.45, 7) is 4.62. The molecule has 94 valence electrons. The van der Waals surface area contributed by atoms with Crippen molar-refractivity contribution in [3.05, 3.63) is 0 Å². The molecule has 0 aliphatic carbocycles. The lowest BCUT2D eigenvalue weighted by Crippen LogP contribution is -2.38. The van der Waals surface area contributed by atoms with Crippen molar-refractivity contribution in [3.8, 4) is 0 Å². The summed E-state index contributed by atoms with van der Waals surface area (Å²) in [6, 6.07) is 0. The van der Waals surface area contributed by atoms with Crippen LogP contribution in [0.2, 0.25) is 0 Å². The molecule has 1 amide bonds. The van der Waals surface area contributed by atoms with Gasteiger partial charge < -0.3 is 14.8 Å². The fourth-order valence-corrected chi connectivity index (χ4v) is 0.938. The van der Waals surface area contributed by atoms with Gasteiger partial charge in [0.15, 0.2) is 0 Å². The van der Waals surface area contributed by atoms with Crippen molar-refractivity contribution in [2.24, 2.45) is 0 Å². The molecule has 0 aromatic rings. The van der Waals surface area contributed by atoms with Gasteiger partial charge in [-0.15, -0.1) is 0 Å². The fourth-order valence-electron chi connectivity index (χ4n) is 0.938. The van der Waals surface area contributed by atoms with Crippen LogP contribution in [-0.4, -0.2) is 51.3 Å². The summed E-state index contributed by atoms with van der Waals surface area (Å²) in [4.78, 5) is 22.2. The average molecular weight is 232 g/mol. The number of ether oxygens (including phenoxy) is 2. The third-order valence-electron chi connectivity index (χ3n) is 1.55. The predicted molar refractivity (Wildman–Crippen MR) is 59.0 cm³/mol. The SMILES string of the molecule is COCCNC(=O)CNCC(=O)OC(C)C. The van der Waals surface area contributed by atoms with Crippen LogP contribution in [0.15, 0.2) is 0 Å². The molecule has 6 nitrogen and oxygen atoms in total. The molecule has 0 saturated carbocycles. The van der Waals surface area contributed by atoms with Crippen LogP contribution in [0.5, 0.6) is 0 Å². The fraction of sp³-hybridized carbons (Fsp3) is 0.800. The van der Waals surface area contributed by atoms with Gasteiger partial charge in [0.2, 0.25) is 5.91 Å². The van der Waals surface area contributed by atoms with Gasteiger partial charge in [0.1, 0.15) is 0 Å². The Balaban J connectivity index is 3.43. The van der Waals surface area contributed by atoms with Crippen LogP contribution in [0, 0.1) is 0 Å². The number of carbonyl (C=O) groups is 2. The Labute approximate surface area is 95.7 Å². The Morgan fingerprint density at radius 2 is 1.94 bits per heavy atom. The first-order chi connectivity index (χ1) is 7.56. The summed E-state index contributed by atoms with van der Waals surface area (Å²) < 4.78 is 9.65. The van der Waals surface area contributed by atoms with Crippen LogP contribution < -0.4 is 10.6 Å². The van der Waals surface area contributed by atoms with Crippen LogP contribution in [0.4, 0.5) is 0 Å². The molecule has 0 aromatic heterocycles. The Hall–Kier alpha value is -1.14. The highest BCUT2D eigenvalue weighted by Gasteiger charge is 2.06. The number of hydrogen-bond donors (Lipinski definition) is 2. The normalized spacial score (nSPS) is 10.2. The maximum atomic E-state index is 11.1. The number of methoxy groups -OCH3 is 1. The third kappa shape index (κ3) is 9.42. The molecule has 2 N–H and O–H groups in total. The molecule has 0 bridgehead atoms. The highest BCUT2D eigenvalue weighted by Crippen LogP contribution is 1.87. The second-order valence-electron chi connectivity index (χ2n) is 3.48. The minimum Gasteiger partial charge on any atom is -0.462 e. The summed E-state index contributed by atoms with van der Waals surface area (Å²) in [5.74, 6) is -0.533. The highest BCUT2D eigenvalue weighted by atomic mass is 16.5. The van der Waals surface area contributed by atoms with E-state index in [9.17, 15) is 9.59 Å². The van der Waals surface area contributed by atoms with Crippen molar-refractivity contribution >= 4 is 11.9 Å². The Morgan fingerprint density at radius 1 is 1.25 bits per heavy atom. The van der Waals surface area contributed by atoms with Crippen LogP contribution in [-0.2, 0) is 19.1 Å². The number of rotatable bonds is 8. The summed E-state index contributed by atoms with van der Waals surface area (Å²) >= 11 is 0. The Kier molecular flexibility index (Phi) is 8.46. The van der Waals surface area contributed by atoms with E-state index in [1.54, 1.807) is 21.0 Å². The van der Waals surface area contributed by atoms with E-state index in [-0.39, 0.29) is 31.1 Å². The largest absolute Gasteiger partial charge is 0.462 e. The lowest BCUT2D eigenvalue weighted by atomic mass is 10.5. The standard InChI is InChI=1S/C10H20N2O4/c1-8(2)16-10(14)7-11-6-9(13)12-4-5-15-3/h8,11H,4-7H2,1-3H3,(H,12,13). The molecule has 0 radical (unpaired) electrons. The second kappa shape index (κ2) is 9.11. The molecular weight excluding hydrogens is 212 g/mol. The van der Waals surface area contributed by atoms with E-state index in [2.05, 4.69) is 10.6 Å². The number of esters is 1. The van der Waals surface area contributed by atoms with Crippen molar-refractivity contribution < 1.29 is 19.1 Å².